The smallest absolute Gasteiger partial charge is 0.273 e. The van der Waals surface area contributed by atoms with Crippen molar-refractivity contribution in [3.8, 4) is 11.4 Å². The van der Waals surface area contributed by atoms with Crippen LogP contribution < -0.4 is 9.44 Å². The van der Waals surface area contributed by atoms with Crippen molar-refractivity contribution in [2.75, 3.05) is 0 Å². The number of halogens is 2. The minimum absolute atomic E-state index is 0.0636. The molecule has 4 aromatic heterocycles. The molecule has 4 heterocycles. The molecule has 0 saturated carbocycles. The van der Waals surface area contributed by atoms with Crippen molar-refractivity contribution in [1.29, 1.82) is 0 Å². The van der Waals surface area contributed by atoms with E-state index in [4.69, 9.17) is 11.6 Å². The zero-order valence-corrected chi connectivity index (χ0v) is 36.0. The lowest BCUT2D eigenvalue weighted by molar-refractivity contribution is -0.127. The predicted molar refractivity (Wildman–Crippen MR) is 225 cm³/mol. The highest BCUT2D eigenvalue weighted by Gasteiger charge is 2.45. The molecule has 7 aromatic rings. The Kier molecular flexibility index (Phi) is 12.0. The summed E-state index contributed by atoms with van der Waals surface area (Å²) in [7, 11) is -9.18. The third kappa shape index (κ3) is 8.81. The number of carbonyl (C=O) groups is 2. The van der Waals surface area contributed by atoms with Gasteiger partial charge in [0, 0.05) is 11.2 Å². The third-order valence-electron chi connectivity index (χ3n) is 8.65. The Balaban J connectivity index is 1.41. The first kappa shape index (κ1) is 41.1. The van der Waals surface area contributed by atoms with E-state index in [9.17, 15) is 21.6 Å². The van der Waals surface area contributed by atoms with Crippen LogP contribution in [0.1, 0.15) is 34.6 Å². The number of nitrogens with zero attached hydrogens (tertiary/aromatic N) is 5. The second-order valence-corrected chi connectivity index (χ2v) is 19.9. The number of pyridine rings is 1. The monoisotopic (exact) mass is 935 g/mol. The first-order chi connectivity index (χ1) is 27.7. The van der Waals surface area contributed by atoms with Crippen LogP contribution in [-0.2, 0) is 29.6 Å². The number of benzene rings is 3. The van der Waals surface area contributed by atoms with E-state index in [2.05, 4.69) is 40.6 Å². The molecule has 19 heteroatoms. The quantitative estimate of drug-likeness (QED) is 0.117. The van der Waals surface area contributed by atoms with Crippen LogP contribution in [0.3, 0.4) is 0 Å². The first-order valence-electron chi connectivity index (χ1n) is 17.2. The van der Waals surface area contributed by atoms with Gasteiger partial charge in [0.1, 0.15) is 9.24 Å². The summed E-state index contributed by atoms with van der Waals surface area (Å²) in [5.74, 6) is -5.83. The number of hydrogen-bond donors (Lipinski definition) is 2. The fraction of sp³-hybridized carbons (Fsp3) is 0.103. The molecule has 13 nitrogen and oxygen atoms in total. The van der Waals surface area contributed by atoms with Crippen molar-refractivity contribution in [2.45, 2.75) is 44.0 Å². The molecule has 0 aliphatic rings. The molecule has 2 unspecified atom stereocenters. The zero-order valence-electron chi connectivity index (χ0n) is 30.4. The number of sulfonamides is 2. The van der Waals surface area contributed by atoms with Crippen molar-refractivity contribution < 1.29 is 26.4 Å². The Bertz CT molecular complexity index is 2840. The average Bonchev–Trinajstić information content (AvgIpc) is 3.92. The molecule has 0 aliphatic carbocycles. The van der Waals surface area contributed by atoms with Gasteiger partial charge in [0.2, 0.25) is 11.8 Å². The number of aromatic nitrogens is 5. The Morgan fingerprint density at radius 2 is 1.34 bits per heavy atom. The average molecular weight is 937 g/mol. The molecule has 296 valence electrons. The normalized spacial score (nSPS) is 12.8. The number of aryl methyl sites for hydroxylation is 2. The van der Waals surface area contributed by atoms with Crippen molar-refractivity contribution in [1.82, 2.24) is 34.0 Å². The van der Waals surface area contributed by atoms with Gasteiger partial charge in [-0.3, -0.25) is 9.59 Å². The number of thiophene rings is 1. The highest BCUT2D eigenvalue weighted by Crippen LogP contribution is 2.42. The molecule has 0 fully saturated rings. The fourth-order valence-corrected chi connectivity index (χ4v) is 11.2. The van der Waals surface area contributed by atoms with E-state index in [1.807, 2.05) is 0 Å². The van der Waals surface area contributed by atoms with Gasteiger partial charge in [0.05, 0.1) is 59.6 Å². The van der Waals surface area contributed by atoms with E-state index in [1.54, 1.807) is 111 Å². The van der Waals surface area contributed by atoms with E-state index < -0.39 is 43.7 Å². The van der Waals surface area contributed by atoms with Gasteiger partial charge in [0.25, 0.3) is 20.0 Å². The molecule has 3 aromatic carbocycles. The summed E-state index contributed by atoms with van der Waals surface area (Å²) in [5.41, 5.74) is 1.93. The molecule has 0 aliphatic heterocycles. The minimum atomic E-state index is -4.59. The highest BCUT2D eigenvalue weighted by molar-refractivity contribution is 9.10. The summed E-state index contributed by atoms with van der Waals surface area (Å²) in [6.45, 7) is 3.34. The maximum Gasteiger partial charge on any atom is 0.273 e. The Morgan fingerprint density at radius 1 is 0.741 bits per heavy atom. The lowest BCUT2D eigenvalue weighted by Gasteiger charge is -2.27. The van der Waals surface area contributed by atoms with Crippen LogP contribution in [0.4, 0.5) is 0 Å². The summed E-state index contributed by atoms with van der Waals surface area (Å²) in [6, 6.07) is 32.5. The number of rotatable bonds is 13. The molecule has 2 amide bonds. The number of amides is 2. The van der Waals surface area contributed by atoms with Gasteiger partial charge in [0.15, 0.2) is 0 Å². The maximum absolute atomic E-state index is 15.1. The first-order valence-corrected chi connectivity index (χ1v) is 23.0. The predicted octanol–water partition coefficient (Wildman–Crippen LogP) is 7.58. The molecular weight excluding hydrogens is 906 g/mol. The van der Waals surface area contributed by atoms with E-state index in [-0.39, 0.29) is 30.0 Å². The van der Waals surface area contributed by atoms with Gasteiger partial charge in [-0.15, -0.1) is 11.3 Å². The van der Waals surface area contributed by atoms with Crippen LogP contribution >= 0.6 is 50.6 Å². The van der Waals surface area contributed by atoms with Crippen molar-refractivity contribution in [2.24, 2.45) is 0 Å². The largest absolute Gasteiger partial charge is 0.273 e. The van der Waals surface area contributed by atoms with E-state index in [0.29, 0.717) is 32.0 Å². The molecule has 58 heavy (non-hydrogen) atoms. The van der Waals surface area contributed by atoms with Crippen LogP contribution in [-0.4, -0.2) is 53.2 Å². The number of para-hydroxylation sites is 2. The summed E-state index contributed by atoms with van der Waals surface area (Å²) in [5, 5.41) is 10.2. The summed E-state index contributed by atoms with van der Waals surface area (Å²) in [4.78, 5) is 34.0. The van der Waals surface area contributed by atoms with Gasteiger partial charge in [-0.2, -0.15) is 10.2 Å². The van der Waals surface area contributed by atoms with Gasteiger partial charge >= 0.3 is 0 Å². The van der Waals surface area contributed by atoms with Crippen molar-refractivity contribution in [3.63, 3.8) is 0 Å². The third-order valence-corrected chi connectivity index (χ3v) is 15.3. The van der Waals surface area contributed by atoms with Crippen LogP contribution in [0.25, 0.3) is 11.4 Å². The minimum Gasteiger partial charge on any atom is -0.273 e. The number of carbonyl (C=O) groups excluding carboxylic acids is 2. The summed E-state index contributed by atoms with van der Waals surface area (Å²) < 4.78 is 63.9. The topological polar surface area (TPSA) is 175 Å². The molecule has 2 N–H and O–H groups in total. The van der Waals surface area contributed by atoms with E-state index in [0.717, 1.165) is 11.3 Å². The fourth-order valence-electron chi connectivity index (χ4n) is 6.10. The second kappa shape index (κ2) is 17.0. The highest BCUT2D eigenvalue weighted by atomic mass is 79.9. The van der Waals surface area contributed by atoms with Crippen molar-refractivity contribution in [3.05, 3.63) is 160 Å². The van der Waals surface area contributed by atoms with E-state index in [1.165, 1.54) is 51.5 Å². The van der Waals surface area contributed by atoms with Crippen LogP contribution in [0.15, 0.2) is 150 Å². The van der Waals surface area contributed by atoms with Crippen LogP contribution in [0.2, 0.25) is 5.02 Å². The zero-order chi connectivity index (χ0) is 41.2. The Labute approximate surface area is 355 Å². The molecule has 2 atom stereocenters. The molecular formula is C39H31BrClN7O6S4. The summed E-state index contributed by atoms with van der Waals surface area (Å²) in [6.07, 6.45) is 1.62. The molecule has 0 spiro atoms. The van der Waals surface area contributed by atoms with Gasteiger partial charge in [-0.25, -0.2) is 40.6 Å². The van der Waals surface area contributed by atoms with Crippen molar-refractivity contribution >= 4 is 82.5 Å². The molecule has 0 saturated heterocycles. The Hall–Kier alpha value is -5.11. The van der Waals surface area contributed by atoms with E-state index >= 15 is 4.79 Å². The standard InChI is InChI=1S/C39H31BrClN7O6S4/c1-24-23-30(47(43-24)27-11-5-3-6-12-27)34(38(49)46-58(53,54)33-21-20-32(56-33)55-31-15-9-10-22-42-31)35(39(50)45-57(51,52)29-18-16-26(41)17-19-29)37-36(40)25(2)44-48(37)28-13-7-4-8-14-28/h3-23,34-35H,1-2H3,(H,45,50)(H,46,49). The SMILES string of the molecule is Cc1cc(C(C(=O)NS(=O)(=O)c2ccc(Sc3ccccn3)s2)C(C(=O)NS(=O)(=O)c2ccc(Cl)cc2)c2c(Br)c(C)nn2-c2ccccc2)n(-c2ccccc2)n1. The maximum atomic E-state index is 15.1. The van der Waals surface area contributed by atoms with Gasteiger partial charge < -0.3 is 0 Å². The van der Waals surface area contributed by atoms with Gasteiger partial charge in [-0.1, -0.05) is 65.8 Å². The summed E-state index contributed by atoms with van der Waals surface area (Å²) >= 11 is 11.8. The molecule has 0 radical (unpaired) electrons. The Morgan fingerprint density at radius 3 is 1.98 bits per heavy atom. The van der Waals surface area contributed by atoms with Crippen LogP contribution in [0, 0.1) is 13.8 Å². The lowest BCUT2D eigenvalue weighted by Crippen LogP contribution is -2.44. The van der Waals surface area contributed by atoms with Gasteiger partial charge in [-0.05, 0) is 109 Å². The number of hydrogen-bond acceptors (Lipinski definition) is 11. The second-order valence-electron chi connectivity index (χ2n) is 12.7. The van der Waals surface area contributed by atoms with Crippen LogP contribution in [0.5, 0.6) is 0 Å². The number of nitrogens with one attached hydrogen (secondary N) is 2. The molecule has 7 rings (SSSR count). The lowest BCUT2D eigenvalue weighted by atomic mass is 9.84. The molecule has 0 bridgehead atoms.